The zero-order chi connectivity index (χ0) is 17.8. The van der Waals surface area contributed by atoms with Gasteiger partial charge in [-0.25, -0.2) is 4.98 Å². The molecule has 3 aromatic rings. The third kappa shape index (κ3) is 3.65. The van der Waals surface area contributed by atoms with Crippen molar-refractivity contribution < 1.29 is 14.3 Å². The molecule has 0 saturated carbocycles. The van der Waals surface area contributed by atoms with Gasteiger partial charge < -0.3 is 14.8 Å². The quantitative estimate of drug-likeness (QED) is 0.781. The summed E-state index contributed by atoms with van der Waals surface area (Å²) in [4.78, 5) is 21.1. The summed E-state index contributed by atoms with van der Waals surface area (Å²) < 4.78 is 11.1. The second-order valence-electron chi connectivity index (χ2n) is 6.15. The van der Waals surface area contributed by atoms with E-state index in [4.69, 9.17) is 9.47 Å². The van der Waals surface area contributed by atoms with Crippen molar-refractivity contribution >= 4 is 22.5 Å². The van der Waals surface area contributed by atoms with Gasteiger partial charge in [-0.2, -0.15) is 0 Å². The van der Waals surface area contributed by atoms with Crippen molar-refractivity contribution in [2.45, 2.75) is 18.9 Å². The number of carbonyl (C=O) groups excluding carboxylic acids is 1. The van der Waals surface area contributed by atoms with Crippen LogP contribution in [0.4, 0.5) is 5.69 Å². The third-order valence-corrected chi connectivity index (χ3v) is 4.34. The summed E-state index contributed by atoms with van der Waals surface area (Å²) in [6.45, 7) is 1.43. The number of hydrogen-bond donors (Lipinski definition) is 1. The SMILES string of the molecule is O=C(Nc1cccc2cccnc12)c1ccc(OC2CCOCC2)nc1. The van der Waals surface area contributed by atoms with E-state index in [0.717, 1.165) is 23.7 Å². The van der Waals surface area contributed by atoms with Gasteiger partial charge in [0, 0.05) is 36.7 Å². The fraction of sp³-hybridized carbons (Fsp3) is 0.250. The number of fused-ring (bicyclic) bond motifs is 1. The lowest BCUT2D eigenvalue weighted by molar-refractivity contribution is 0.0237. The minimum Gasteiger partial charge on any atom is -0.474 e. The average molecular weight is 349 g/mol. The Kier molecular flexibility index (Phi) is 4.75. The smallest absolute Gasteiger partial charge is 0.257 e. The molecular weight excluding hydrogens is 330 g/mol. The normalized spacial score (nSPS) is 14.9. The number of rotatable bonds is 4. The summed E-state index contributed by atoms with van der Waals surface area (Å²) in [5, 5.41) is 3.88. The molecule has 6 heteroatoms. The van der Waals surface area contributed by atoms with Crippen molar-refractivity contribution in [1.82, 2.24) is 9.97 Å². The van der Waals surface area contributed by atoms with E-state index in [-0.39, 0.29) is 12.0 Å². The largest absolute Gasteiger partial charge is 0.474 e. The highest BCUT2D eigenvalue weighted by Gasteiger charge is 2.16. The summed E-state index contributed by atoms with van der Waals surface area (Å²) in [7, 11) is 0. The summed E-state index contributed by atoms with van der Waals surface area (Å²) in [6, 6.07) is 13.0. The Bertz CT molecular complexity index is 900. The van der Waals surface area contributed by atoms with Crippen LogP contribution in [0.15, 0.2) is 54.9 Å². The summed E-state index contributed by atoms with van der Waals surface area (Å²) in [5.74, 6) is 0.300. The molecule has 0 unspecified atom stereocenters. The molecule has 1 fully saturated rings. The standard InChI is InChI=1S/C20H19N3O3/c24-20(23-17-5-1-3-14-4-2-10-21-19(14)17)15-6-7-18(22-13-15)26-16-8-11-25-12-9-16/h1-7,10,13,16H,8-9,11-12H2,(H,23,24). The highest BCUT2D eigenvalue weighted by molar-refractivity contribution is 6.08. The molecule has 0 spiro atoms. The number of nitrogens with zero attached hydrogens (tertiary/aromatic N) is 2. The first-order valence-corrected chi connectivity index (χ1v) is 8.65. The van der Waals surface area contributed by atoms with Crippen molar-refractivity contribution in [2.75, 3.05) is 18.5 Å². The van der Waals surface area contributed by atoms with Gasteiger partial charge in [0.25, 0.3) is 5.91 Å². The Morgan fingerprint density at radius 3 is 2.73 bits per heavy atom. The molecule has 1 aliphatic rings. The van der Waals surface area contributed by atoms with Crippen molar-refractivity contribution in [3.05, 3.63) is 60.4 Å². The van der Waals surface area contributed by atoms with Gasteiger partial charge >= 0.3 is 0 Å². The first kappa shape index (κ1) is 16.5. The number of aromatic nitrogens is 2. The highest BCUT2D eigenvalue weighted by atomic mass is 16.5. The number of hydrogen-bond acceptors (Lipinski definition) is 5. The molecule has 3 heterocycles. The summed E-state index contributed by atoms with van der Waals surface area (Å²) in [6.07, 6.45) is 5.08. The summed E-state index contributed by atoms with van der Waals surface area (Å²) >= 11 is 0. The van der Waals surface area contributed by atoms with Gasteiger partial charge in [0.1, 0.15) is 6.10 Å². The Labute approximate surface area is 151 Å². The van der Waals surface area contributed by atoms with E-state index in [1.807, 2.05) is 30.3 Å². The average Bonchev–Trinajstić information content (AvgIpc) is 2.70. The molecule has 1 saturated heterocycles. The second-order valence-corrected chi connectivity index (χ2v) is 6.15. The van der Waals surface area contributed by atoms with Crippen LogP contribution in [0.2, 0.25) is 0 Å². The predicted octanol–water partition coefficient (Wildman–Crippen LogP) is 3.44. The number of ether oxygens (including phenoxy) is 2. The maximum Gasteiger partial charge on any atom is 0.257 e. The van der Waals surface area contributed by atoms with Gasteiger partial charge in [0.2, 0.25) is 5.88 Å². The molecule has 4 rings (SSSR count). The Morgan fingerprint density at radius 2 is 1.92 bits per heavy atom. The molecule has 0 bridgehead atoms. The number of carbonyl (C=O) groups is 1. The third-order valence-electron chi connectivity index (χ3n) is 4.34. The number of anilines is 1. The molecule has 0 atom stereocenters. The number of benzene rings is 1. The topological polar surface area (TPSA) is 73.3 Å². The Balaban J connectivity index is 1.46. The zero-order valence-electron chi connectivity index (χ0n) is 14.2. The number of amides is 1. The number of nitrogens with one attached hydrogen (secondary N) is 1. The molecular formula is C20H19N3O3. The molecule has 0 radical (unpaired) electrons. The molecule has 26 heavy (non-hydrogen) atoms. The fourth-order valence-corrected chi connectivity index (χ4v) is 2.95. The van der Waals surface area contributed by atoms with Crippen LogP contribution in [0.3, 0.4) is 0 Å². The van der Waals surface area contributed by atoms with Crippen LogP contribution in [0.25, 0.3) is 10.9 Å². The van der Waals surface area contributed by atoms with E-state index >= 15 is 0 Å². The first-order valence-electron chi connectivity index (χ1n) is 8.65. The van der Waals surface area contributed by atoms with Crippen LogP contribution in [-0.2, 0) is 4.74 Å². The zero-order valence-corrected chi connectivity index (χ0v) is 14.2. The molecule has 1 amide bonds. The first-order chi connectivity index (χ1) is 12.8. The Morgan fingerprint density at radius 1 is 1.08 bits per heavy atom. The van der Waals surface area contributed by atoms with E-state index in [1.165, 1.54) is 6.20 Å². The number of para-hydroxylation sites is 1. The minimum absolute atomic E-state index is 0.123. The maximum atomic E-state index is 12.5. The van der Waals surface area contributed by atoms with Crippen molar-refractivity contribution in [3.8, 4) is 5.88 Å². The van der Waals surface area contributed by atoms with Crippen LogP contribution < -0.4 is 10.1 Å². The molecule has 132 valence electrons. The van der Waals surface area contributed by atoms with E-state index in [0.29, 0.717) is 30.3 Å². The van der Waals surface area contributed by atoms with Gasteiger partial charge in [-0.3, -0.25) is 9.78 Å². The molecule has 2 aromatic heterocycles. The van der Waals surface area contributed by atoms with Crippen LogP contribution in [0, 0.1) is 0 Å². The van der Waals surface area contributed by atoms with E-state index in [9.17, 15) is 4.79 Å². The van der Waals surface area contributed by atoms with Gasteiger partial charge in [-0.15, -0.1) is 0 Å². The maximum absolute atomic E-state index is 12.5. The van der Waals surface area contributed by atoms with Crippen molar-refractivity contribution in [3.63, 3.8) is 0 Å². The van der Waals surface area contributed by atoms with Gasteiger partial charge in [0.15, 0.2) is 0 Å². The van der Waals surface area contributed by atoms with Crippen LogP contribution in [0.1, 0.15) is 23.2 Å². The monoisotopic (exact) mass is 349 g/mol. The lowest BCUT2D eigenvalue weighted by Crippen LogP contribution is -2.26. The molecule has 6 nitrogen and oxygen atoms in total. The van der Waals surface area contributed by atoms with E-state index < -0.39 is 0 Å². The van der Waals surface area contributed by atoms with Crippen LogP contribution >= 0.6 is 0 Å². The Hall–Kier alpha value is -2.99. The van der Waals surface area contributed by atoms with E-state index in [1.54, 1.807) is 18.3 Å². The lowest BCUT2D eigenvalue weighted by atomic mass is 10.1. The van der Waals surface area contributed by atoms with E-state index in [2.05, 4.69) is 15.3 Å². The van der Waals surface area contributed by atoms with Crippen molar-refractivity contribution in [1.29, 1.82) is 0 Å². The number of pyridine rings is 2. The predicted molar refractivity (Wildman–Crippen MR) is 98.4 cm³/mol. The molecule has 1 aliphatic heterocycles. The molecule has 0 aliphatic carbocycles. The van der Waals surface area contributed by atoms with Gasteiger partial charge in [0.05, 0.1) is 30.0 Å². The highest BCUT2D eigenvalue weighted by Crippen LogP contribution is 2.22. The fourth-order valence-electron chi connectivity index (χ4n) is 2.95. The minimum atomic E-state index is -0.228. The van der Waals surface area contributed by atoms with Crippen LogP contribution in [-0.4, -0.2) is 35.2 Å². The second kappa shape index (κ2) is 7.49. The van der Waals surface area contributed by atoms with Gasteiger partial charge in [-0.05, 0) is 18.2 Å². The van der Waals surface area contributed by atoms with Gasteiger partial charge in [-0.1, -0.05) is 18.2 Å². The van der Waals surface area contributed by atoms with Crippen LogP contribution in [0.5, 0.6) is 5.88 Å². The molecule has 1 aromatic carbocycles. The molecule has 1 N–H and O–H groups in total. The summed E-state index contributed by atoms with van der Waals surface area (Å²) in [5.41, 5.74) is 1.91. The van der Waals surface area contributed by atoms with Crippen molar-refractivity contribution in [2.24, 2.45) is 0 Å². The lowest BCUT2D eigenvalue weighted by Gasteiger charge is -2.22.